The normalized spacial score (nSPS) is 22.9. The Bertz CT molecular complexity index is 605. The predicted octanol–water partition coefficient (Wildman–Crippen LogP) is 4.32. The average molecular weight is 342 g/mol. The van der Waals surface area contributed by atoms with Crippen LogP contribution in [0.4, 0.5) is 5.69 Å². The molecule has 1 aromatic rings. The van der Waals surface area contributed by atoms with Gasteiger partial charge in [-0.1, -0.05) is 45.2 Å². The van der Waals surface area contributed by atoms with E-state index in [1.165, 1.54) is 24.8 Å². The minimum atomic E-state index is -0.219. The zero-order valence-corrected chi connectivity index (χ0v) is 15.5. The van der Waals surface area contributed by atoms with E-state index in [2.05, 4.69) is 31.3 Å². The van der Waals surface area contributed by atoms with Crippen LogP contribution < -0.4 is 5.32 Å². The van der Waals surface area contributed by atoms with Gasteiger partial charge in [-0.05, 0) is 42.9 Å². The molecule has 1 aliphatic carbocycles. The molecule has 136 valence electrons. The second-order valence-corrected chi connectivity index (χ2v) is 7.66. The SMILES string of the molecule is CC[C@H](C)c1ccc(NC(=O)[C@@H]2CC(=O)N(C3CCCCC3)C2)cc1. The van der Waals surface area contributed by atoms with Gasteiger partial charge in [0.1, 0.15) is 0 Å². The first-order valence-electron chi connectivity index (χ1n) is 9.78. The van der Waals surface area contributed by atoms with Crippen LogP contribution in [0, 0.1) is 5.92 Å². The quantitative estimate of drug-likeness (QED) is 0.866. The van der Waals surface area contributed by atoms with E-state index in [1.807, 2.05) is 17.0 Å². The molecule has 0 bridgehead atoms. The predicted molar refractivity (Wildman–Crippen MR) is 100 cm³/mol. The number of carbonyl (C=O) groups excluding carboxylic acids is 2. The number of benzene rings is 1. The molecule has 1 N–H and O–H groups in total. The molecule has 1 aromatic carbocycles. The first kappa shape index (κ1) is 18.0. The van der Waals surface area contributed by atoms with Gasteiger partial charge >= 0.3 is 0 Å². The molecule has 2 atom stereocenters. The molecule has 3 rings (SSSR count). The first-order chi connectivity index (χ1) is 12.1. The molecule has 0 spiro atoms. The molecule has 1 saturated carbocycles. The molecule has 4 heteroatoms. The van der Waals surface area contributed by atoms with Gasteiger partial charge < -0.3 is 10.2 Å². The van der Waals surface area contributed by atoms with Crippen molar-refractivity contribution in [3.05, 3.63) is 29.8 Å². The van der Waals surface area contributed by atoms with E-state index in [4.69, 9.17) is 0 Å². The molecular formula is C21H30N2O2. The fraction of sp³-hybridized carbons (Fsp3) is 0.619. The summed E-state index contributed by atoms with van der Waals surface area (Å²) < 4.78 is 0. The standard InChI is InChI=1S/C21H30N2O2/c1-3-15(2)16-9-11-18(12-10-16)22-21(25)17-13-20(24)23(14-17)19-7-5-4-6-8-19/h9-12,15,17,19H,3-8,13-14H2,1-2H3,(H,22,25)/t15-,17+/m0/s1. The van der Waals surface area contributed by atoms with Crippen molar-refractivity contribution in [2.45, 2.75) is 70.8 Å². The van der Waals surface area contributed by atoms with Crippen LogP contribution in [0.1, 0.15) is 70.3 Å². The van der Waals surface area contributed by atoms with E-state index < -0.39 is 0 Å². The number of hydrogen-bond acceptors (Lipinski definition) is 2. The number of hydrogen-bond donors (Lipinski definition) is 1. The van der Waals surface area contributed by atoms with E-state index in [9.17, 15) is 9.59 Å². The Morgan fingerprint density at radius 2 is 1.88 bits per heavy atom. The van der Waals surface area contributed by atoms with Crippen molar-refractivity contribution in [3.63, 3.8) is 0 Å². The molecular weight excluding hydrogens is 312 g/mol. The highest BCUT2D eigenvalue weighted by atomic mass is 16.2. The highest BCUT2D eigenvalue weighted by Crippen LogP contribution is 2.29. The van der Waals surface area contributed by atoms with Crippen LogP contribution >= 0.6 is 0 Å². The van der Waals surface area contributed by atoms with Crippen LogP contribution in [0.15, 0.2) is 24.3 Å². The zero-order valence-electron chi connectivity index (χ0n) is 15.5. The van der Waals surface area contributed by atoms with Crippen molar-refractivity contribution in [2.75, 3.05) is 11.9 Å². The lowest BCUT2D eigenvalue weighted by molar-refractivity contribution is -0.130. The third-order valence-electron chi connectivity index (χ3n) is 5.90. The van der Waals surface area contributed by atoms with Gasteiger partial charge in [-0.3, -0.25) is 9.59 Å². The molecule has 4 nitrogen and oxygen atoms in total. The van der Waals surface area contributed by atoms with Gasteiger partial charge in [0.05, 0.1) is 5.92 Å². The Morgan fingerprint density at radius 1 is 1.20 bits per heavy atom. The lowest BCUT2D eigenvalue weighted by atomic mass is 9.94. The second kappa shape index (κ2) is 8.03. The van der Waals surface area contributed by atoms with E-state index >= 15 is 0 Å². The number of carbonyl (C=O) groups is 2. The third kappa shape index (κ3) is 4.23. The molecule has 1 aliphatic heterocycles. The molecule has 0 aromatic heterocycles. The van der Waals surface area contributed by atoms with Crippen LogP contribution in [0.25, 0.3) is 0 Å². The van der Waals surface area contributed by atoms with Gasteiger partial charge in [-0.25, -0.2) is 0 Å². The second-order valence-electron chi connectivity index (χ2n) is 7.66. The van der Waals surface area contributed by atoms with Crippen LogP contribution in [0.5, 0.6) is 0 Å². The lowest BCUT2D eigenvalue weighted by Gasteiger charge is -2.31. The summed E-state index contributed by atoms with van der Waals surface area (Å²) in [5.41, 5.74) is 2.11. The number of anilines is 1. The van der Waals surface area contributed by atoms with Crippen molar-refractivity contribution in [3.8, 4) is 0 Å². The van der Waals surface area contributed by atoms with Gasteiger partial charge in [-0.15, -0.1) is 0 Å². The Hall–Kier alpha value is -1.84. The molecule has 25 heavy (non-hydrogen) atoms. The van der Waals surface area contributed by atoms with Crippen LogP contribution in [-0.2, 0) is 9.59 Å². The molecule has 2 aliphatic rings. The maximum Gasteiger partial charge on any atom is 0.229 e. The fourth-order valence-electron chi connectivity index (χ4n) is 4.03. The lowest BCUT2D eigenvalue weighted by Crippen LogP contribution is -2.38. The van der Waals surface area contributed by atoms with Gasteiger partial charge in [0, 0.05) is 24.7 Å². The molecule has 0 unspecified atom stereocenters. The first-order valence-corrected chi connectivity index (χ1v) is 9.78. The van der Waals surface area contributed by atoms with E-state index in [1.54, 1.807) is 0 Å². The van der Waals surface area contributed by atoms with Crippen molar-refractivity contribution >= 4 is 17.5 Å². The maximum atomic E-state index is 12.6. The van der Waals surface area contributed by atoms with Crippen molar-refractivity contribution < 1.29 is 9.59 Å². The Labute approximate surface area is 151 Å². The van der Waals surface area contributed by atoms with Crippen molar-refractivity contribution in [2.24, 2.45) is 5.92 Å². The van der Waals surface area contributed by atoms with Crippen LogP contribution in [0.3, 0.4) is 0 Å². The number of amides is 2. The van der Waals surface area contributed by atoms with E-state index in [-0.39, 0.29) is 17.7 Å². The van der Waals surface area contributed by atoms with Gasteiger partial charge in [0.2, 0.25) is 11.8 Å². The minimum Gasteiger partial charge on any atom is -0.339 e. The average Bonchev–Trinajstić information content (AvgIpc) is 3.04. The fourth-order valence-corrected chi connectivity index (χ4v) is 4.03. The topological polar surface area (TPSA) is 49.4 Å². The number of likely N-dealkylation sites (tertiary alicyclic amines) is 1. The zero-order chi connectivity index (χ0) is 17.8. The Morgan fingerprint density at radius 3 is 2.52 bits per heavy atom. The van der Waals surface area contributed by atoms with Crippen molar-refractivity contribution in [1.82, 2.24) is 4.90 Å². The maximum absolute atomic E-state index is 12.6. The molecule has 1 saturated heterocycles. The highest BCUT2D eigenvalue weighted by Gasteiger charge is 2.38. The highest BCUT2D eigenvalue weighted by molar-refractivity contribution is 5.97. The smallest absolute Gasteiger partial charge is 0.229 e. The summed E-state index contributed by atoms with van der Waals surface area (Å²) >= 11 is 0. The number of nitrogens with one attached hydrogen (secondary N) is 1. The molecule has 2 amide bonds. The van der Waals surface area contributed by atoms with Crippen LogP contribution in [0.2, 0.25) is 0 Å². The summed E-state index contributed by atoms with van der Waals surface area (Å²) in [6.07, 6.45) is 7.32. The summed E-state index contributed by atoms with van der Waals surface area (Å²) in [5, 5.41) is 2.99. The van der Waals surface area contributed by atoms with Gasteiger partial charge in [0.25, 0.3) is 0 Å². The minimum absolute atomic E-state index is 0.0250. The number of rotatable bonds is 5. The van der Waals surface area contributed by atoms with E-state index in [0.29, 0.717) is 24.9 Å². The summed E-state index contributed by atoms with van der Waals surface area (Å²) in [5.74, 6) is 0.437. The summed E-state index contributed by atoms with van der Waals surface area (Å²) in [6, 6.07) is 8.45. The largest absolute Gasteiger partial charge is 0.339 e. The molecule has 2 fully saturated rings. The third-order valence-corrected chi connectivity index (χ3v) is 5.90. The molecule has 1 heterocycles. The molecule has 0 radical (unpaired) electrons. The van der Waals surface area contributed by atoms with Gasteiger partial charge in [0.15, 0.2) is 0 Å². The van der Waals surface area contributed by atoms with Crippen LogP contribution in [-0.4, -0.2) is 29.3 Å². The van der Waals surface area contributed by atoms with Gasteiger partial charge in [-0.2, -0.15) is 0 Å². The van der Waals surface area contributed by atoms with E-state index in [0.717, 1.165) is 24.9 Å². The summed E-state index contributed by atoms with van der Waals surface area (Å²) in [6.45, 7) is 4.97. The Kier molecular flexibility index (Phi) is 5.77. The number of nitrogens with zero attached hydrogens (tertiary/aromatic N) is 1. The van der Waals surface area contributed by atoms with Crippen molar-refractivity contribution in [1.29, 1.82) is 0 Å². The Balaban J connectivity index is 1.57. The monoisotopic (exact) mass is 342 g/mol. The summed E-state index contributed by atoms with van der Waals surface area (Å²) in [7, 11) is 0. The summed E-state index contributed by atoms with van der Waals surface area (Å²) in [4.78, 5) is 26.9.